The van der Waals surface area contributed by atoms with E-state index in [0.29, 0.717) is 49.5 Å². The molecule has 0 spiro atoms. The summed E-state index contributed by atoms with van der Waals surface area (Å²) >= 11 is 6.44. The zero-order valence-electron chi connectivity index (χ0n) is 24.1. The molecule has 2 fully saturated rings. The maximum absolute atomic E-state index is 13.1. The van der Waals surface area contributed by atoms with E-state index in [1.165, 1.54) is 11.1 Å². The molecule has 2 N–H and O–H groups in total. The summed E-state index contributed by atoms with van der Waals surface area (Å²) in [5.41, 5.74) is 2.44. The molecule has 2 aliphatic heterocycles. The van der Waals surface area contributed by atoms with E-state index >= 15 is 0 Å². The van der Waals surface area contributed by atoms with Crippen LogP contribution in [-0.2, 0) is 9.53 Å². The lowest BCUT2D eigenvalue weighted by molar-refractivity contribution is -0.130. The molecule has 5 rings (SSSR count). The molecule has 0 unspecified atom stereocenters. The van der Waals surface area contributed by atoms with Gasteiger partial charge in [0, 0.05) is 44.0 Å². The number of morpholine rings is 1. The Bertz CT molecular complexity index is 1420. The third kappa shape index (κ3) is 6.75. The van der Waals surface area contributed by atoms with Crippen molar-refractivity contribution in [1.82, 2.24) is 19.8 Å². The van der Waals surface area contributed by atoms with Gasteiger partial charge in [-0.3, -0.25) is 9.59 Å². The predicted octanol–water partition coefficient (Wildman–Crippen LogP) is 4.20. The smallest absolute Gasteiger partial charge is 0.295 e. The Labute approximate surface area is 250 Å². The molecule has 222 valence electrons. The van der Waals surface area contributed by atoms with Crippen molar-refractivity contribution in [3.8, 4) is 5.75 Å². The number of rotatable bonds is 9. The van der Waals surface area contributed by atoms with Crippen molar-refractivity contribution < 1.29 is 19.1 Å². The van der Waals surface area contributed by atoms with E-state index in [1.807, 2.05) is 12.1 Å². The Kier molecular flexibility index (Phi) is 9.41. The number of nitrogens with zero attached hydrogens (tertiary/aromatic N) is 5. The first-order chi connectivity index (χ1) is 20.3. The van der Waals surface area contributed by atoms with Crippen LogP contribution in [0.1, 0.15) is 23.2 Å². The topological polar surface area (TPSA) is 112 Å². The fraction of sp³-hybridized carbons (Fsp3) is 0.400. The van der Waals surface area contributed by atoms with Crippen LogP contribution in [0.5, 0.6) is 5.75 Å². The molecular weight excluding hydrogens is 558 g/mol. The van der Waals surface area contributed by atoms with Crippen molar-refractivity contribution in [1.29, 1.82) is 0 Å². The summed E-state index contributed by atoms with van der Waals surface area (Å²) in [6.07, 6.45) is 3.69. The number of amides is 1. The number of nitrogens with one attached hydrogen (secondary N) is 2. The Balaban J connectivity index is 1.31. The number of ketones is 1. The zero-order chi connectivity index (χ0) is 29.6. The van der Waals surface area contributed by atoms with E-state index in [2.05, 4.69) is 50.6 Å². The second-order valence-electron chi connectivity index (χ2n) is 10.5. The fourth-order valence-corrected chi connectivity index (χ4v) is 5.34. The van der Waals surface area contributed by atoms with Crippen molar-refractivity contribution in [3.63, 3.8) is 0 Å². The average molecular weight is 594 g/mol. The minimum Gasteiger partial charge on any atom is -0.494 e. The Morgan fingerprint density at radius 2 is 1.76 bits per heavy atom. The molecule has 0 saturated carbocycles. The Morgan fingerprint density at radius 1 is 1.02 bits per heavy atom. The summed E-state index contributed by atoms with van der Waals surface area (Å²) in [6, 6.07) is 13.4. The van der Waals surface area contributed by atoms with Gasteiger partial charge in [0.2, 0.25) is 5.95 Å². The van der Waals surface area contributed by atoms with Crippen LogP contribution in [0.15, 0.2) is 48.7 Å². The van der Waals surface area contributed by atoms with E-state index in [0.717, 1.165) is 31.6 Å². The molecule has 2 aliphatic rings. The minimum atomic E-state index is -0.612. The molecule has 1 amide bonds. The lowest BCUT2D eigenvalue weighted by atomic mass is 10.0. The van der Waals surface area contributed by atoms with Crippen LogP contribution in [0.25, 0.3) is 0 Å². The molecular formula is C30H36ClN7O4. The lowest BCUT2D eigenvalue weighted by Gasteiger charge is -2.36. The van der Waals surface area contributed by atoms with Crippen LogP contribution in [0, 0.1) is 0 Å². The van der Waals surface area contributed by atoms with E-state index in [1.54, 1.807) is 31.4 Å². The van der Waals surface area contributed by atoms with Crippen LogP contribution < -0.4 is 20.3 Å². The highest BCUT2D eigenvalue weighted by atomic mass is 35.5. The van der Waals surface area contributed by atoms with E-state index in [-0.39, 0.29) is 22.4 Å². The molecule has 0 bridgehead atoms. The molecule has 0 aliphatic carbocycles. The molecule has 0 radical (unpaired) electrons. The molecule has 12 heteroatoms. The molecule has 3 aromatic rings. The van der Waals surface area contributed by atoms with Gasteiger partial charge in [0.15, 0.2) is 5.82 Å². The highest BCUT2D eigenvalue weighted by molar-refractivity contribution is 6.44. The van der Waals surface area contributed by atoms with Gasteiger partial charge in [-0.15, -0.1) is 0 Å². The standard InChI is InChI=1S/C30H36ClN7O4/c1-36(2)20-10-12-37(13-11-20)21-8-9-25(26(18-21)41-3)34-30-32-19-23(31)28(35-30)33-24-7-5-4-6-22(24)27(39)29(40)38-14-16-42-17-15-38/h4-9,18-20H,10-17H2,1-3H3,(H2,32,33,34,35). The quantitative estimate of drug-likeness (QED) is 0.276. The van der Waals surface area contributed by atoms with E-state index in [4.69, 9.17) is 21.1 Å². The van der Waals surface area contributed by atoms with Gasteiger partial charge < -0.3 is 34.8 Å². The molecule has 42 heavy (non-hydrogen) atoms. The minimum absolute atomic E-state index is 0.227. The zero-order valence-corrected chi connectivity index (χ0v) is 24.9. The fourth-order valence-electron chi connectivity index (χ4n) is 5.20. The normalized spacial score (nSPS) is 15.9. The van der Waals surface area contributed by atoms with Crippen molar-refractivity contribution in [2.24, 2.45) is 0 Å². The number of methoxy groups -OCH3 is 1. The van der Waals surface area contributed by atoms with Gasteiger partial charge in [0.25, 0.3) is 11.7 Å². The lowest BCUT2D eigenvalue weighted by Crippen LogP contribution is -2.44. The highest BCUT2D eigenvalue weighted by Gasteiger charge is 2.27. The number of ether oxygens (including phenoxy) is 2. The highest BCUT2D eigenvalue weighted by Crippen LogP contribution is 2.34. The number of carbonyl (C=O) groups is 2. The first kappa shape index (κ1) is 29.6. The summed E-state index contributed by atoms with van der Waals surface area (Å²) in [4.78, 5) is 41.1. The van der Waals surface area contributed by atoms with Crippen LogP contribution in [-0.4, -0.2) is 98.1 Å². The van der Waals surface area contributed by atoms with Crippen LogP contribution >= 0.6 is 11.6 Å². The number of carbonyl (C=O) groups excluding carboxylic acids is 2. The van der Waals surface area contributed by atoms with Crippen molar-refractivity contribution in [2.75, 3.05) is 76.1 Å². The Hall–Kier alpha value is -3.93. The molecule has 11 nitrogen and oxygen atoms in total. The third-order valence-corrected chi connectivity index (χ3v) is 7.93. The monoisotopic (exact) mass is 593 g/mol. The number of aromatic nitrogens is 2. The SMILES string of the molecule is COc1cc(N2CCC(N(C)C)CC2)ccc1Nc1ncc(Cl)c(Nc2ccccc2C(=O)C(=O)N2CCOCC2)n1. The van der Waals surface area contributed by atoms with Crippen molar-refractivity contribution in [2.45, 2.75) is 18.9 Å². The maximum Gasteiger partial charge on any atom is 0.295 e. The van der Waals surface area contributed by atoms with Crippen molar-refractivity contribution in [3.05, 3.63) is 59.2 Å². The molecule has 1 aromatic heterocycles. The summed E-state index contributed by atoms with van der Waals surface area (Å²) < 4.78 is 11.0. The number of hydrogen-bond acceptors (Lipinski definition) is 10. The second kappa shape index (κ2) is 13.4. The molecule has 3 heterocycles. The second-order valence-corrected chi connectivity index (χ2v) is 10.9. The first-order valence-corrected chi connectivity index (χ1v) is 14.4. The van der Waals surface area contributed by atoms with Crippen LogP contribution in [0.4, 0.5) is 28.8 Å². The van der Waals surface area contributed by atoms with E-state index in [9.17, 15) is 9.59 Å². The van der Waals surface area contributed by atoms with Gasteiger partial charge in [-0.05, 0) is 51.2 Å². The van der Waals surface area contributed by atoms with Gasteiger partial charge in [-0.2, -0.15) is 4.98 Å². The number of piperidine rings is 1. The average Bonchev–Trinajstić information content (AvgIpc) is 3.03. The van der Waals surface area contributed by atoms with Crippen molar-refractivity contribution >= 4 is 52.1 Å². The number of hydrogen-bond donors (Lipinski definition) is 2. The molecule has 2 saturated heterocycles. The van der Waals surface area contributed by atoms with Gasteiger partial charge in [-0.25, -0.2) is 4.98 Å². The van der Waals surface area contributed by atoms with Crippen LogP contribution in [0.2, 0.25) is 5.02 Å². The van der Waals surface area contributed by atoms with Gasteiger partial charge >= 0.3 is 0 Å². The summed E-state index contributed by atoms with van der Waals surface area (Å²) in [5, 5.41) is 6.59. The summed E-state index contributed by atoms with van der Waals surface area (Å²) in [7, 11) is 5.90. The van der Waals surface area contributed by atoms with Gasteiger partial charge in [0.1, 0.15) is 10.8 Å². The summed E-state index contributed by atoms with van der Waals surface area (Å²) in [6.45, 7) is 3.55. The molecule has 0 atom stereocenters. The van der Waals surface area contributed by atoms with Gasteiger partial charge in [0.05, 0.1) is 43.5 Å². The number of halogens is 1. The molecule has 2 aromatic carbocycles. The summed E-state index contributed by atoms with van der Waals surface area (Å²) in [5.74, 6) is 0.0500. The number of anilines is 5. The largest absolute Gasteiger partial charge is 0.494 e. The van der Waals surface area contributed by atoms with Gasteiger partial charge in [-0.1, -0.05) is 23.7 Å². The first-order valence-electron chi connectivity index (χ1n) is 14.0. The maximum atomic E-state index is 13.1. The van der Waals surface area contributed by atoms with Crippen LogP contribution in [0.3, 0.4) is 0 Å². The predicted molar refractivity (Wildman–Crippen MR) is 164 cm³/mol. The van der Waals surface area contributed by atoms with E-state index < -0.39 is 11.7 Å². The third-order valence-electron chi connectivity index (χ3n) is 7.65. The Morgan fingerprint density at radius 3 is 2.48 bits per heavy atom. The number of Topliss-reactive ketones (excluding diaryl/α,β-unsaturated/α-hetero) is 1. The number of para-hydroxylation sites is 1. The number of benzene rings is 2.